The highest BCUT2D eigenvalue weighted by Crippen LogP contribution is 2.24. The Morgan fingerprint density at radius 2 is 2.22 bits per heavy atom. The van der Waals surface area contributed by atoms with Gasteiger partial charge >= 0.3 is 0 Å². The minimum Gasteiger partial charge on any atom is -0.480 e. The van der Waals surface area contributed by atoms with Crippen molar-refractivity contribution in [3.8, 4) is 5.88 Å². The third-order valence-electron chi connectivity index (χ3n) is 3.02. The van der Waals surface area contributed by atoms with E-state index in [1.165, 1.54) is 7.11 Å². The summed E-state index contributed by atoms with van der Waals surface area (Å²) in [6, 6.07) is 1.79. The fourth-order valence-electron chi connectivity index (χ4n) is 2.00. The smallest absolute Gasteiger partial charge is 0.260 e. The van der Waals surface area contributed by atoms with E-state index in [9.17, 15) is 9.90 Å². The molecule has 2 rings (SSSR count). The summed E-state index contributed by atoms with van der Waals surface area (Å²) < 4.78 is 5.98. The molecule has 1 N–H and O–H groups in total. The van der Waals surface area contributed by atoms with Crippen LogP contribution >= 0.6 is 22.6 Å². The summed E-state index contributed by atoms with van der Waals surface area (Å²) in [7, 11) is 1.51. The number of halogens is 1. The van der Waals surface area contributed by atoms with Gasteiger partial charge in [0.05, 0.1) is 13.2 Å². The lowest BCUT2D eigenvalue weighted by Gasteiger charge is -2.30. The fourth-order valence-corrected chi connectivity index (χ4v) is 2.62. The van der Waals surface area contributed by atoms with E-state index < -0.39 is 0 Å². The van der Waals surface area contributed by atoms with Crippen molar-refractivity contribution >= 4 is 28.5 Å². The van der Waals surface area contributed by atoms with Gasteiger partial charge in [0, 0.05) is 22.9 Å². The topological polar surface area (TPSA) is 62.7 Å². The fraction of sp³-hybridized carbons (Fsp3) is 0.500. The summed E-state index contributed by atoms with van der Waals surface area (Å²) in [5.41, 5.74) is 0.511. The molecule has 6 heteroatoms. The van der Waals surface area contributed by atoms with Crippen LogP contribution in [0.2, 0.25) is 0 Å². The Morgan fingerprint density at radius 3 is 2.83 bits per heavy atom. The molecule has 1 amide bonds. The van der Waals surface area contributed by atoms with Crippen LogP contribution in [0.25, 0.3) is 0 Å². The van der Waals surface area contributed by atoms with Gasteiger partial charge in [-0.2, -0.15) is 0 Å². The number of hydrogen-bond acceptors (Lipinski definition) is 4. The van der Waals surface area contributed by atoms with Crippen molar-refractivity contribution in [1.82, 2.24) is 9.88 Å². The van der Waals surface area contributed by atoms with Gasteiger partial charge < -0.3 is 14.7 Å². The number of hydrogen-bond donors (Lipinski definition) is 1. The summed E-state index contributed by atoms with van der Waals surface area (Å²) >= 11 is 2.11. The van der Waals surface area contributed by atoms with Crippen LogP contribution in [0.4, 0.5) is 0 Å². The van der Waals surface area contributed by atoms with Gasteiger partial charge in [-0.1, -0.05) is 0 Å². The van der Waals surface area contributed by atoms with Gasteiger partial charge in [-0.05, 0) is 41.5 Å². The predicted octanol–water partition coefficient (Wildman–Crippen LogP) is 1.29. The lowest BCUT2D eigenvalue weighted by molar-refractivity contribution is 0.0542. The molecule has 5 nitrogen and oxygen atoms in total. The van der Waals surface area contributed by atoms with Gasteiger partial charge in [-0.25, -0.2) is 4.98 Å². The first-order valence-electron chi connectivity index (χ1n) is 5.79. The molecule has 2 heterocycles. The Kier molecular flexibility index (Phi) is 4.39. The van der Waals surface area contributed by atoms with E-state index >= 15 is 0 Å². The average Bonchev–Trinajstić information content (AvgIpc) is 2.38. The van der Waals surface area contributed by atoms with Gasteiger partial charge in [0.1, 0.15) is 5.56 Å². The number of nitrogens with zero attached hydrogens (tertiary/aromatic N) is 2. The Balaban J connectivity index is 2.23. The number of aromatic nitrogens is 1. The second-order valence-electron chi connectivity index (χ2n) is 4.20. The molecule has 0 spiro atoms. The molecular weight excluding hydrogens is 347 g/mol. The lowest BCUT2D eigenvalue weighted by atomic mass is 10.1. The van der Waals surface area contributed by atoms with Crippen LogP contribution in [-0.4, -0.2) is 47.2 Å². The minimum absolute atomic E-state index is 0.0729. The van der Waals surface area contributed by atoms with Crippen LogP contribution in [0.15, 0.2) is 12.3 Å². The largest absolute Gasteiger partial charge is 0.480 e. The van der Waals surface area contributed by atoms with Gasteiger partial charge in [0.25, 0.3) is 5.91 Å². The zero-order chi connectivity index (χ0) is 13.1. The van der Waals surface area contributed by atoms with Crippen LogP contribution in [0.1, 0.15) is 23.2 Å². The monoisotopic (exact) mass is 362 g/mol. The highest BCUT2D eigenvalue weighted by molar-refractivity contribution is 14.1. The number of piperidine rings is 1. The molecule has 18 heavy (non-hydrogen) atoms. The molecule has 1 aromatic rings. The number of ether oxygens (including phenoxy) is 1. The first-order chi connectivity index (χ1) is 8.63. The molecule has 0 aromatic carbocycles. The van der Waals surface area contributed by atoms with Crippen molar-refractivity contribution < 1.29 is 14.6 Å². The summed E-state index contributed by atoms with van der Waals surface area (Å²) in [6.45, 7) is 1.16. The van der Waals surface area contributed by atoms with Crippen molar-refractivity contribution in [2.45, 2.75) is 18.9 Å². The number of carbonyl (C=O) groups excluding carboxylic acids is 1. The van der Waals surface area contributed by atoms with Gasteiger partial charge in [0.2, 0.25) is 5.88 Å². The Hall–Kier alpha value is -0.890. The van der Waals surface area contributed by atoms with Crippen molar-refractivity contribution in [2.24, 2.45) is 0 Å². The molecule has 98 valence electrons. The molecule has 1 aliphatic rings. The number of likely N-dealkylation sites (tertiary alicyclic amines) is 1. The highest BCUT2D eigenvalue weighted by Gasteiger charge is 2.26. The molecule has 0 radical (unpaired) electrons. The molecule has 1 saturated heterocycles. The number of rotatable bonds is 2. The third-order valence-corrected chi connectivity index (χ3v) is 3.92. The number of methoxy groups -OCH3 is 1. The van der Waals surface area contributed by atoms with Crippen molar-refractivity contribution in [2.75, 3.05) is 20.2 Å². The van der Waals surface area contributed by atoms with Crippen molar-refractivity contribution in [3.05, 3.63) is 21.4 Å². The standard InChI is InChI=1S/C12H15IN2O3/c1-18-11-10(9(13)2-5-14-11)12(17)15-6-3-8(16)4-7-15/h2,5,8,16H,3-4,6-7H2,1H3. The molecule has 1 fully saturated rings. The molecule has 0 bridgehead atoms. The summed E-state index contributed by atoms with van der Waals surface area (Å²) in [4.78, 5) is 18.2. The van der Waals surface area contributed by atoms with E-state index in [0.717, 1.165) is 3.57 Å². The van der Waals surface area contributed by atoms with Crippen LogP contribution in [0.5, 0.6) is 5.88 Å². The zero-order valence-corrected chi connectivity index (χ0v) is 12.3. The highest BCUT2D eigenvalue weighted by atomic mass is 127. The molecule has 1 aliphatic heterocycles. The molecule has 0 saturated carbocycles. The van der Waals surface area contributed by atoms with E-state index in [-0.39, 0.29) is 12.0 Å². The minimum atomic E-state index is -0.288. The lowest BCUT2D eigenvalue weighted by Crippen LogP contribution is -2.40. The second-order valence-corrected chi connectivity index (χ2v) is 5.36. The first kappa shape index (κ1) is 13.5. The quantitative estimate of drug-likeness (QED) is 0.806. The van der Waals surface area contributed by atoms with E-state index in [0.29, 0.717) is 37.4 Å². The first-order valence-corrected chi connectivity index (χ1v) is 6.87. The summed E-state index contributed by atoms with van der Waals surface area (Å²) in [5.74, 6) is 0.286. The SMILES string of the molecule is COc1nccc(I)c1C(=O)N1CCC(O)CC1. The molecular formula is C12H15IN2O3. The van der Waals surface area contributed by atoms with Crippen molar-refractivity contribution in [3.63, 3.8) is 0 Å². The Bertz CT molecular complexity index is 445. The number of carbonyl (C=O) groups is 1. The second kappa shape index (κ2) is 5.83. The molecule has 0 atom stereocenters. The van der Waals surface area contributed by atoms with Gasteiger partial charge in [-0.3, -0.25) is 4.79 Å². The van der Waals surface area contributed by atoms with E-state index in [1.54, 1.807) is 17.2 Å². The maximum atomic E-state index is 12.4. The molecule has 0 unspecified atom stereocenters. The van der Waals surface area contributed by atoms with E-state index in [2.05, 4.69) is 27.6 Å². The maximum Gasteiger partial charge on any atom is 0.260 e. The van der Waals surface area contributed by atoms with Crippen LogP contribution < -0.4 is 4.74 Å². The van der Waals surface area contributed by atoms with E-state index in [1.807, 2.05) is 0 Å². The zero-order valence-electron chi connectivity index (χ0n) is 10.1. The Morgan fingerprint density at radius 1 is 1.56 bits per heavy atom. The van der Waals surface area contributed by atoms with Gasteiger partial charge in [0.15, 0.2) is 0 Å². The number of pyridine rings is 1. The number of aliphatic hydroxyl groups is 1. The van der Waals surface area contributed by atoms with Crippen LogP contribution in [-0.2, 0) is 0 Å². The number of aliphatic hydroxyl groups excluding tert-OH is 1. The normalized spacial score (nSPS) is 16.7. The van der Waals surface area contributed by atoms with Crippen LogP contribution in [0, 0.1) is 3.57 Å². The summed E-state index contributed by atoms with van der Waals surface area (Å²) in [6.07, 6.45) is 2.59. The Labute approximate surface area is 119 Å². The molecule has 1 aromatic heterocycles. The van der Waals surface area contributed by atoms with Crippen LogP contribution in [0.3, 0.4) is 0 Å². The average molecular weight is 362 g/mol. The molecule has 0 aliphatic carbocycles. The maximum absolute atomic E-state index is 12.4. The number of amides is 1. The van der Waals surface area contributed by atoms with E-state index in [4.69, 9.17) is 4.74 Å². The summed E-state index contributed by atoms with van der Waals surface area (Å²) in [5, 5.41) is 9.46. The van der Waals surface area contributed by atoms with Gasteiger partial charge in [-0.15, -0.1) is 0 Å². The third kappa shape index (κ3) is 2.74. The van der Waals surface area contributed by atoms with Crippen molar-refractivity contribution in [1.29, 1.82) is 0 Å². The predicted molar refractivity (Wildman–Crippen MR) is 74.7 cm³/mol.